The van der Waals surface area contributed by atoms with Crippen LogP contribution in [0, 0.1) is 18.8 Å². The molecule has 1 saturated carbocycles. The van der Waals surface area contributed by atoms with Gasteiger partial charge in [-0.25, -0.2) is 32.0 Å². The molecule has 1 atom stereocenters. The summed E-state index contributed by atoms with van der Waals surface area (Å²) in [4.78, 5) is 37.2. The number of esters is 1. The van der Waals surface area contributed by atoms with Crippen molar-refractivity contribution in [1.82, 2.24) is 15.0 Å². The Morgan fingerprint density at radius 3 is 2.43 bits per heavy atom. The zero-order valence-corrected chi connectivity index (χ0v) is 26.4. The molecule has 3 aromatic rings. The van der Waals surface area contributed by atoms with Crippen LogP contribution < -0.4 is 5.32 Å². The van der Waals surface area contributed by atoms with Gasteiger partial charge in [-0.05, 0) is 87.4 Å². The molecule has 0 bridgehead atoms. The Kier molecular flexibility index (Phi) is 11.2. The van der Waals surface area contributed by atoms with E-state index in [9.17, 15) is 31.9 Å². The van der Waals surface area contributed by atoms with Gasteiger partial charge in [0, 0.05) is 29.8 Å². The highest BCUT2D eigenvalue weighted by Crippen LogP contribution is 2.41. The first-order valence-corrected chi connectivity index (χ1v) is 16.6. The number of carbonyl (C=O) groups excluding carboxylic acids is 2. The van der Waals surface area contributed by atoms with Gasteiger partial charge in [-0.15, -0.1) is 0 Å². The van der Waals surface area contributed by atoms with Crippen LogP contribution >= 0.6 is 0 Å². The summed E-state index contributed by atoms with van der Waals surface area (Å²) < 4.78 is 62.6. The number of halogens is 2. The number of carbonyl (C=O) groups is 2. The zero-order chi connectivity index (χ0) is 33.5. The average Bonchev–Trinajstić information content (AvgIpc) is 3.00. The molecule has 1 fully saturated rings. The molecule has 1 aliphatic carbocycles. The van der Waals surface area contributed by atoms with E-state index in [1.165, 1.54) is 18.3 Å². The number of sulfone groups is 1. The van der Waals surface area contributed by atoms with Crippen molar-refractivity contribution in [2.24, 2.45) is 11.8 Å². The van der Waals surface area contributed by atoms with Crippen LogP contribution in [0.2, 0.25) is 0 Å². The van der Waals surface area contributed by atoms with Crippen LogP contribution in [0.15, 0.2) is 48.8 Å². The molecule has 248 valence electrons. The predicted molar refractivity (Wildman–Crippen MR) is 163 cm³/mol. The van der Waals surface area contributed by atoms with Crippen LogP contribution in [-0.2, 0) is 34.4 Å². The summed E-state index contributed by atoms with van der Waals surface area (Å²) in [5, 5.41) is 14.4. The molecular weight excluding hydrogens is 626 g/mol. The van der Waals surface area contributed by atoms with E-state index in [0.29, 0.717) is 48.5 Å². The number of hydrogen-bond acceptors (Lipinski definition) is 12. The number of hydrogen-bond donors (Lipinski definition) is 2. The van der Waals surface area contributed by atoms with Crippen LogP contribution in [0.3, 0.4) is 0 Å². The number of aromatic nitrogens is 3. The van der Waals surface area contributed by atoms with E-state index in [0.717, 1.165) is 11.8 Å². The molecule has 0 amide bonds. The number of nitrogens with one attached hydrogen (secondary N) is 1. The maximum Gasteiger partial charge on any atom is 0.511 e. The minimum atomic E-state index is -3.29. The molecule has 0 spiro atoms. The number of pyridine rings is 3. The van der Waals surface area contributed by atoms with Gasteiger partial charge in [0.2, 0.25) is 6.79 Å². The topological polar surface area (TPSA) is 167 Å². The lowest BCUT2D eigenvalue weighted by Crippen LogP contribution is -2.37. The summed E-state index contributed by atoms with van der Waals surface area (Å²) in [5.74, 6) is -0.833. The van der Waals surface area contributed by atoms with Gasteiger partial charge in [0.05, 0.1) is 23.1 Å². The molecule has 3 aromatic heterocycles. The molecule has 46 heavy (non-hydrogen) atoms. The Morgan fingerprint density at radius 1 is 1.04 bits per heavy atom. The highest BCUT2D eigenvalue weighted by Gasteiger charge is 2.39. The van der Waals surface area contributed by atoms with Crippen molar-refractivity contribution in [1.29, 1.82) is 0 Å². The molecular formula is C31H36F2N4O8S. The van der Waals surface area contributed by atoms with Gasteiger partial charge < -0.3 is 24.6 Å². The third-order valence-electron chi connectivity index (χ3n) is 7.75. The van der Waals surface area contributed by atoms with Crippen LogP contribution in [0.25, 0.3) is 11.3 Å². The molecule has 0 saturated heterocycles. The quantitative estimate of drug-likeness (QED) is 0.192. The second-order valence-corrected chi connectivity index (χ2v) is 13.7. The van der Waals surface area contributed by atoms with Crippen LogP contribution in [0.4, 0.5) is 25.2 Å². The minimum absolute atomic E-state index is 0.152. The van der Waals surface area contributed by atoms with Crippen molar-refractivity contribution in [3.8, 4) is 11.3 Å². The SMILES string of the molecule is Cc1cc(Nc2cc(C(F)F)ccn2)nc(-c2ccc([C@](C)(O)[C@H]3CC[C@H](C(=O)OCOC(=O)OCCS(C)(=O)=O)CC3)nc2)c1. The molecule has 3 heterocycles. The van der Waals surface area contributed by atoms with Crippen molar-refractivity contribution in [3.63, 3.8) is 0 Å². The largest absolute Gasteiger partial charge is 0.511 e. The molecule has 0 aliphatic heterocycles. The van der Waals surface area contributed by atoms with Crippen molar-refractivity contribution in [2.45, 2.75) is 51.6 Å². The molecule has 0 aromatic carbocycles. The second-order valence-electron chi connectivity index (χ2n) is 11.4. The van der Waals surface area contributed by atoms with E-state index in [4.69, 9.17) is 4.74 Å². The summed E-state index contributed by atoms with van der Waals surface area (Å²) in [5.41, 5.74) is 1.19. The first kappa shape index (κ1) is 34.6. The number of ether oxygens (including phenoxy) is 3. The summed E-state index contributed by atoms with van der Waals surface area (Å²) in [7, 11) is -3.29. The molecule has 2 N–H and O–H groups in total. The lowest BCUT2D eigenvalue weighted by molar-refractivity contribution is -0.160. The third kappa shape index (κ3) is 9.63. The molecule has 15 heteroatoms. The molecule has 12 nitrogen and oxygen atoms in total. The monoisotopic (exact) mass is 662 g/mol. The van der Waals surface area contributed by atoms with E-state index in [1.807, 2.05) is 13.0 Å². The van der Waals surface area contributed by atoms with Gasteiger partial charge in [-0.2, -0.15) is 0 Å². The summed E-state index contributed by atoms with van der Waals surface area (Å²) in [6.07, 6.45) is 2.13. The number of alkyl halides is 2. The predicted octanol–water partition coefficient (Wildman–Crippen LogP) is 5.24. The number of rotatable bonds is 12. The smallest absolute Gasteiger partial charge is 0.433 e. The zero-order valence-electron chi connectivity index (χ0n) is 25.6. The summed E-state index contributed by atoms with van der Waals surface area (Å²) in [6, 6.07) is 9.67. The molecule has 0 unspecified atom stereocenters. The number of anilines is 2. The van der Waals surface area contributed by atoms with Gasteiger partial charge in [-0.3, -0.25) is 9.78 Å². The van der Waals surface area contributed by atoms with E-state index in [2.05, 4.69) is 29.7 Å². The first-order chi connectivity index (χ1) is 21.7. The molecule has 4 rings (SSSR count). The maximum atomic E-state index is 13.1. The Labute approximate surface area is 265 Å². The fourth-order valence-corrected chi connectivity index (χ4v) is 5.56. The second kappa shape index (κ2) is 14.9. The van der Waals surface area contributed by atoms with Gasteiger partial charge in [-0.1, -0.05) is 0 Å². The van der Waals surface area contributed by atoms with E-state index in [1.54, 1.807) is 31.3 Å². The van der Waals surface area contributed by atoms with Crippen molar-refractivity contribution < 1.29 is 46.1 Å². The van der Waals surface area contributed by atoms with Gasteiger partial charge in [0.1, 0.15) is 23.8 Å². The van der Waals surface area contributed by atoms with Crippen molar-refractivity contribution in [2.75, 3.05) is 30.7 Å². The summed E-state index contributed by atoms with van der Waals surface area (Å²) >= 11 is 0. The normalized spacial score (nSPS) is 18.0. The Morgan fingerprint density at radius 2 is 1.78 bits per heavy atom. The third-order valence-corrected chi connectivity index (χ3v) is 8.66. The van der Waals surface area contributed by atoms with E-state index < -0.39 is 46.7 Å². The fourth-order valence-electron chi connectivity index (χ4n) is 5.18. The fraction of sp³-hybridized carbons (Fsp3) is 0.452. The number of aliphatic hydroxyl groups is 1. The van der Waals surface area contributed by atoms with Gasteiger partial charge in [0.25, 0.3) is 6.43 Å². The van der Waals surface area contributed by atoms with E-state index in [-0.39, 0.29) is 29.7 Å². The van der Waals surface area contributed by atoms with Crippen LogP contribution in [0.5, 0.6) is 0 Å². The summed E-state index contributed by atoms with van der Waals surface area (Å²) in [6.45, 7) is 2.55. The standard InChI is InChI=1S/C31H36F2N4O8S/c1-19-14-24(36-27(15-19)37-26-16-21(28(32)33)10-11-34-26)22-6-9-25(35-17-22)31(2,40)23-7-4-20(5-8-23)29(38)44-18-45-30(39)43-12-13-46(3,41)42/h6,9-11,14-17,20,23,28,40H,4-5,7-8,12-13,18H2,1-3H3,(H,34,36,37)/t20-,23-,31-/m1/s1. The Hall–Kier alpha value is -4.24. The van der Waals surface area contributed by atoms with Crippen LogP contribution in [0.1, 0.15) is 55.9 Å². The number of nitrogens with zero attached hydrogens (tertiary/aromatic N) is 3. The van der Waals surface area contributed by atoms with Crippen molar-refractivity contribution in [3.05, 3.63) is 65.6 Å². The highest BCUT2D eigenvalue weighted by atomic mass is 32.2. The Bertz CT molecular complexity index is 1630. The Balaban J connectivity index is 1.30. The molecule has 1 aliphatic rings. The highest BCUT2D eigenvalue weighted by molar-refractivity contribution is 7.90. The lowest BCUT2D eigenvalue weighted by Gasteiger charge is -2.37. The van der Waals surface area contributed by atoms with E-state index >= 15 is 0 Å². The minimum Gasteiger partial charge on any atom is -0.433 e. The van der Waals surface area contributed by atoms with Crippen LogP contribution in [-0.4, -0.2) is 66.0 Å². The van der Waals surface area contributed by atoms with Crippen molar-refractivity contribution >= 4 is 33.6 Å². The first-order valence-electron chi connectivity index (χ1n) is 14.5. The van der Waals surface area contributed by atoms with Gasteiger partial charge >= 0.3 is 12.1 Å². The number of aryl methyl sites for hydroxylation is 1. The average molecular weight is 663 g/mol. The molecule has 0 radical (unpaired) electrons. The van der Waals surface area contributed by atoms with Gasteiger partial charge in [0.15, 0.2) is 9.84 Å². The lowest BCUT2D eigenvalue weighted by atomic mass is 9.73. The maximum absolute atomic E-state index is 13.1.